The van der Waals surface area contributed by atoms with Crippen molar-refractivity contribution < 1.29 is 9.21 Å². The predicted molar refractivity (Wildman–Crippen MR) is 80.9 cm³/mol. The third kappa shape index (κ3) is 2.81. The molecule has 0 radical (unpaired) electrons. The summed E-state index contributed by atoms with van der Waals surface area (Å²) in [5, 5.41) is 14.8. The van der Waals surface area contributed by atoms with E-state index in [1.165, 1.54) is 12.1 Å². The number of nitrogens with one attached hydrogen (secondary N) is 1. The molecule has 1 aromatic carbocycles. The molecule has 1 amide bonds. The zero-order chi connectivity index (χ0) is 15.7. The summed E-state index contributed by atoms with van der Waals surface area (Å²) < 4.78 is 6.96. The third-order valence-electron chi connectivity index (χ3n) is 2.86. The first-order valence-corrected chi connectivity index (χ1v) is 6.88. The molecular formula is C13H9Cl2N5O2. The van der Waals surface area contributed by atoms with Gasteiger partial charge in [0.15, 0.2) is 0 Å². The molecule has 22 heavy (non-hydrogen) atoms. The van der Waals surface area contributed by atoms with Crippen LogP contribution in [0.2, 0.25) is 10.0 Å². The number of amides is 1. The van der Waals surface area contributed by atoms with Crippen LogP contribution >= 0.6 is 23.2 Å². The molecule has 0 atom stereocenters. The lowest BCUT2D eigenvalue weighted by molar-refractivity contribution is 0.102. The monoisotopic (exact) mass is 337 g/mol. The number of carbonyl (C=O) groups is 1. The van der Waals surface area contributed by atoms with Crippen LogP contribution < -0.4 is 5.32 Å². The quantitative estimate of drug-likeness (QED) is 0.793. The first-order chi connectivity index (χ1) is 10.5. The van der Waals surface area contributed by atoms with Crippen LogP contribution in [0, 0.1) is 0 Å². The molecule has 0 aliphatic rings. The zero-order valence-electron chi connectivity index (χ0n) is 11.2. The van der Waals surface area contributed by atoms with Crippen LogP contribution in [0.25, 0.3) is 11.6 Å². The van der Waals surface area contributed by atoms with Crippen LogP contribution in [-0.2, 0) is 7.05 Å². The fourth-order valence-corrected chi connectivity index (χ4v) is 2.29. The van der Waals surface area contributed by atoms with E-state index in [2.05, 4.69) is 20.6 Å². The van der Waals surface area contributed by atoms with Crippen molar-refractivity contribution in [3.05, 3.63) is 46.1 Å². The van der Waals surface area contributed by atoms with Crippen molar-refractivity contribution in [2.75, 3.05) is 5.32 Å². The second-order valence-corrected chi connectivity index (χ2v) is 5.17. The summed E-state index contributed by atoms with van der Waals surface area (Å²) in [7, 11) is 1.74. The van der Waals surface area contributed by atoms with E-state index in [9.17, 15) is 4.79 Å². The maximum Gasteiger partial charge on any atom is 0.322 e. The average Bonchev–Trinajstić information content (AvgIpc) is 3.07. The van der Waals surface area contributed by atoms with E-state index in [1.807, 2.05) is 0 Å². The Hall–Kier alpha value is -2.38. The molecule has 0 aliphatic heterocycles. The number of rotatable bonds is 3. The number of aryl methyl sites for hydroxylation is 1. The Morgan fingerprint density at radius 1 is 1.27 bits per heavy atom. The van der Waals surface area contributed by atoms with Crippen molar-refractivity contribution in [2.24, 2.45) is 7.05 Å². The van der Waals surface area contributed by atoms with Gasteiger partial charge in [-0.25, -0.2) is 0 Å². The van der Waals surface area contributed by atoms with Crippen molar-refractivity contribution in [1.29, 1.82) is 0 Å². The van der Waals surface area contributed by atoms with Gasteiger partial charge in [0.25, 0.3) is 11.8 Å². The second kappa shape index (κ2) is 5.78. The summed E-state index contributed by atoms with van der Waals surface area (Å²) in [4.78, 5) is 12.1. The number of aromatic nitrogens is 4. The molecule has 0 saturated heterocycles. The van der Waals surface area contributed by atoms with E-state index >= 15 is 0 Å². The Balaban J connectivity index is 1.80. The lowest BCUT2D eigenvalue weighted by Gasteiger charge is -2.03. The van der Waals surface area contributed by atoms with Crippen molar-refractivity contribution in [1.82, 2.24) is 20.0 Å². The highest BCUT2D eigenvalue weighted by Crippen LogP contribution is 2.23. The minimum absolute atomic E-state index is 0.0350. The van der Waals surface area contributed by atoms with Crippen LogP contribution in [-0.4, -0.2) is 25.9 Å². The maximum absolute atomic E-state index is 12.1. The van der Waals surface area contributed by atoms with Gasteiger partial charge in [-0.05, 0) is 24.3 Å². The molecule has 3 aromatic rings. The molecule has 7 nitrogen and oxygen atoms in total. The van der Waals surface area contributed by atoms with E-state index in [-0.39, 0.29) is 22.5 Å². The average molecular weight is 338 g/mol. The van der Waals surface area contributed by atoms with Crippen molar-refractivity contribution in [3.8, 4) is 11.6 Å². The van der Waals surface area contributed by atoms with Crippen molar-refractivity contribution in [2.45, 2.75) is 0 Å². The van der Waals surface area contributed by atoms with Crippen molar-refractivity contribution >= 4 is 35.1 Å². The van der Waals surface area contributed by atoms with Crippen LogP contribution in [0.5, 0.6) is 0 Å². The molecule has 3 rings (SSSR count). The van der Waals surface area contributed by atoms with Gasteiger partial charge in [-0.3, -0.25) is 14.8 Å². The van der Waals surface area contributed by atoms with E-state index in [0.717, 1.165) is 0 Å². The highest BCUT2D eigenvalue weighted by atomic mass is 35.5. The Morgan fingerprint density at radius 2 is 2.09 bits per heavy atom. The van der Waals surface area contributed by atoms with Gasteiger partial charge in [0.1, 0.15) is 5.69 Å². The lowest BCUT2D eigenvalue weighted by Crippen LogP contribution is -2.12. The largest absolute Gasteiger partial charge is 0.401 e. The first-order valence-electron chi connectivity index (χ1n) is 6.13. The van der Waals surface area contributed by atoms with Crippen LogP contribution in [0.3, 0.4) is 0 Å². The molecule has 9 heteroatoms. The minimum Gasteiger partial charge on any atom is -0.401 e. The number of hydrogen-bond acceptors (Lipinski definition) is 5. The topological polar surface area (TPSA) is 85.8 Å². The fraction of sp³-hybridized carbons (Fsp3) is 0.0769. The van der Waals surface area contributed by atoms with Crippen molar-refractivity contribution in [3.63, 3.8) is 0 Å². The second-order valence-electron chi connectivity index (χ2n) is 4.33. The van der Waals surface area contributed by atoms with Crippen LogP contribution in [0.15, 0.2) is 34.9 Å². The minimum atomic E-state index is -0.470. The summed E-state index contributed by atoms with van der Waals surface area (Å²) in [5.74, 6) is -0.223. The molecule has 112 valence electrons. The normalized spacial score (nSPS) is 10.7. The number of carbonyl (C=O) groups excluding carboxylic acids is 1. The smallest absolute Gasteiger partial charge is 0.322 e. The highest BCUT2D eigenvalue weighted by molar-refractivity contribution is 6.37. The number of anilines is 1. The highest BCUT2D eigenvalue weighted by Gasteiger charge is 2.16. The van der Waals surface area contributed by atoms with Crippen LogP contribution in [0.1, 0.15) is 10.4 Å². The van der Waals surface area contributed by atoms with Gasteiger partial charge in [-0.1, -0.05) is 28.3 Å². The molecule has 0 aliphatic carbocycles. The molecule has 2 aromatic heterocycles. The molecule has 2 heterocycles. The molecule has 0 unspecified atom stereocenters. The summed E-state index contributed by atoms with van der Waals surface area (Å²) in [6.07, 6.45) is 1.60. The Kier molecular flexibility index (Phi) is 3.82. The Bertz CT molecular complexity index is 843. The molecule has 0 fully saturated rings. The van der Waals surface area contributed by atoms with E-state index in [4.69, 9.17) is 27.6 Å². The molecule has 0 spiro atoms. The number of benzene rings is 1. The van der Waals surface area contributed by atoms with E-state index in [1.54, 1.807) is 30.1 Å². The van der Waals surface area contributed by atoms with Gasteiger partial charge in [-0.2, -0.15) is 5.10 Å². The zero-order valence-corrected chi connectivity index (χ0v) is 12.8. The van der Waals surface area contributed by atoms with Gasteiger partial charge < -0.3 is 4.42 Å². The van der Waals surface area contributed by atoms with Gasteiger partial charge in [-0.15, -0.1) is 5.10 Å². The molecule has 0 bridgehead atoms. The van der Waals surface area contributed by atoms with Gasteiger partial charge in [0, 0.05) is 18.3 Å². The van der Waals surface area contributed by atoms with Crippen LogP contribution in [0.4, 0.5) is 6.01 Å². The molecular weight excluding hydrogens is 329 g/mol. The lowest BCUT2D eigenvalue weighted by atomic mass is 10.2. The number of halogens is 2. The van der Waals surface area contributed by atoms with E-state index in [0.29, 0.717) is 10.7 Å². The van der Waals surface area contributed by atoms with Gasteiger partial charge in [0.2, 0.25) is 0 Å². The maximum atomic E-state index is 12.1. The molecule has 0 saturated carbocycles. The Labute approximate surface area is 134 Å². The first kappa shape index (κ1) is 14.6. The number of hydrogen-bond donors (Lipinski definition) is 1. The fourth-order valence-electron chi connectivity index (χ4n) is 1.80. The standard InChI is InChI=1S/C13H9Cl2N5O2/c1-20-10(4-5-16-20)12-18-19-13(22-12)17-11(21)8-3-2-7(14)6-9(8)15/h2-6H,1H3,(H,17,19,21). The summed E-state index contributed by atoms with van der Waals surface area (Å²) in [5.41, 5.74) is 0.892. The summed E-state index contributed by atoms with van der Waals surface area (Å²) >= 11 is 11.8. The predicted octanol–water partition coefficient (Wildman–Crippen LogP) is 3.03. The van der Waals surface area contributed by atoms with Gasteiger partial charge >= 0.3 is 6.01 Å². The SMILES string of the molecule is Cn1nccc1-c1nnc(NC(=O)c2ccc(Cl)cc2Cl)o1. The molecule has 1 N–H and O–H groups in total. The Morgan fingerprint density at radius 3 is 2.77 bits per heavy atom. The third-order valence-corrected chi connectivity index (χ3v) is 3.41. The number of nitrogens with zero attached hydrogens (tertiary/aromatic N) is 4. The summed E-state index contributed by atoms with van der Waals surface area (Å²) in [6.45, 7) is 0. The summed E-state index contributed by atoms with van der Waals surface area (Å²) in [6, 6.07) is 6.24. The van der Waals surface area contributed by atoms with Gasteiger partial charge in [0.05, 0.1) is 10.6 Å². The van der Waals surface area contributed by atoms with E-state index < -0.39 is 5.91 Å².